The third kappa shape index (κ3) is 5.69. The summed E-state index contributed by atoms with van der Waals surface area (Å²) in [6, 6.07) is 2.26. The zero-order valence-electron chi connectivity index (χ0n) is 13.2. The van der Waals surface area contributed by atoms with Gasteiger partial charge in [-0.15, -0.1) is 0 Å². The van der Waals surface area contributed by atoms with Gasteiger partial charge in [0, 0.05) is 18.2 Å². The van der Waals surface area contributed by atoms with Crippen molar-refractivity contribution in [1.29, 1.82) is 0 Å². The van der Waals surface area contributed by atoms with Crippen molar-refractivity contribution in [2.45, 2.75) is 38.8 Å². The zero-order chi connectivity index (χ0) is 16.9. The molecule has 7 heteroatoms. The predicted molar refractivity (Wildman–Crippen MR) is 83.9 cm³/mol. The molecule has 0 aliphatic carbocycles. The highest BCUT2D eigenvalue weighted by Gasteiger charge is 2.19. The smallest absolute Gasteiger partial charge is 0.407 e. The lowest BCUT2D eigenvalue weighted by Crippen LogP contribution is -2.41. The van der Waals surface area contributed by atoms with E-state index in [9.17, 15) is 9.18 Å². The van der Waals surface area contributed by atoms with E-state index in [4.69, 9.17) is 26.8 Å². The first-order chi connectivity index (χ1) is 10.1. The molecule has 5 nitrogen and oxygen atoms in total. The Morgan fingerprint density at radius 1 is 1.45 bits per heavy atom. The molecular weight excluding hydrogens is 311 g/mol. The van der Waals surface area contributed by atoms with E-state index in [0.29, 0.717) is 11.3 Å². The van der Waals surface area contributed by atoms with Crippen molar-refractivity contribution in [3.63, 3.8) is 0 Å². The number of rotatable bonds is 5. The van der Waals surface area contributed by atoms with Gasteiger partial charge in [0.25, 0.3) is 0 Å². The molecule has 0 aromatic heterocycles. The van der Waals surface area contributed by atoms with Crippen molar-refractivity contribution in [3.8, 4) is 5.75 Å². The van der Waals surface area contributed by atoms with Crippen LogP contribution in [0.2, 0.25) is 5.02 Å². The van der Waals surface area contributed by atoms with Gasteiger partial charge >= 0.3 is 6.09 Å². The van der Waals surface area contributed by atoms with Crippen LogP contribution in [0.1, 0.15) is 26.3 Å². The fourth-order valence-electron chi connectivity index (χ4n) is 1.82. The van der Waals surface area contributed by atoms with Gasteiger partial charge in [0.05, 0.1) is 12.1 Å². The van der Waals surface area contributed by atoms with Crippen LogP contribution in [0.4, 0.5) is 9.18 Å². The van der Waals surface area contributed by atoms with Crippen LogP contribution in [-0.2, 0) is 11.2 Å². The first-order valence-electron chi connectivity index (χ1n) is 6.87. The van der Waals surface area contributed by atoms with E-state index >= 15 is 0 Å². The topological polar surface area (TPSA) is 73.6 Å². The van der Waals surface area contributed by atoms with E-state index < -0.39 is 23.6 Å². The molecule has 1 aromatic carbocycles. The molecule has 1 rings (SSSR count). The van der Waals surface area contributed by atoms with Crippen molar-refractivity contribution in [3.05, 3.63) is 28.5 Å². The first kappa shape index (κ1) is 18.5. The lowest BCUT2D eigenvalue weighted by Gasteiger charge is -2.21. The van der Waals surface area contributed by atoms with Gasteiger partial charge < -0.3 is 20.5 Å². The van der Waals surface area contributed by atoms with Gasteiger partial charge in [-0.2, -0.15) is 0 Å². The van der Waals surface area contributed by atoms with Crippen LogP contribution >= 0.6 is 11.6 Å². The largest absolute Gasteiger partial charge is 0.496 e. The van der Waals surface area contributed by atoms with E-state index in [1.165, 1.54) is 19.2 Å². The molecule has 124 valence electrons. The molecule has 0 radical (unpaired) electrons. The van der Waals surface area contributed by atoms with Crippen molar-refractivity contribution in [1.82, 2.24) is 5.32 Å². The lowest BCUT2D eigenvalue weighted by molar-refractivity contribution is 0.0524. The fraction of sp³-hybridized carbons (Fsp3) is 0.533. The Labute approximate surface area is 134 Å². The summed E-state index contributed by atoms with van der Waals surface area (Å²) in [5.74, 6) is -0.0797. The second kappa shape index (κ2) is 7.65. The molecule has 1 amide bonds. The number of ether oxygens (including phenoxy) is 2. The van der Waals surface area contributed by atoms with E-state index in [1.54, 1.807) is 20.8 Å². The second-order valence-corrected chi connectivity index (χ2v) is 6.27. The standard InChI is InChI=1S/C15H22ClFN2O3/c1-15(2,3)22-14(20)19-8-9(18)7-10-12(21-4)6-5-11(17)13(10)16/h5-6,9H,7-8,18H2,1-4H3,(H,19,20). The maximum atomic E-state index is 13.5. The minimum Gasteiger partial charge on any atom is -0.496 e. The normalized spacial score (nSPS) is 12.7. The molecule has 0 aliphatic rings. The maximum absolute atomic E-state index is 13.5. The third-order valence-electron chi connectivity index (χ3n) is 2.75. The van der Waals surface area contributed by atoms with E-state index in [2.05, 4.69) is 5.32 Å². The summed E-state index contributed by atoms with van der Waals surface area (Å²) in [5.41, 5.74) is 5.85. The van der Waals surface area contributed by atoms with Crippen LogP contribution in [-0.4, -0.2) is 31.4 Å². The number of carbonyl (C=O) groups is 1. The second-order valence-electron chi connectivity index (χ2n) is 5.89. The van der Waals surface area contributed by atoms with Crippen molar-refractivity contribution >= 4 is 17.7 Å². The Balaban J connectivity index is 2.64. The average Bonchev–Trinajstić information content (AvgIpc) is 2.40. The maximum Gasteiger partial charge on any atom is 0.407 e. The monoisotopic (exact) mass is 332 g/mol. The summed E-state index contributed by atoms with van der Waals surface area (Å²) in [7, 11) is 1.47. The summed E-state index contributed by atoms with van der Waals surface area (Å²) < 4.78 is 23.8. The third-order valence-corrected chi connectivity index (χ3v) is 3.16. The van der Waals surface area contributed by atoms with Crippen LogP contribution in [0.3, 0.4) is 0 Å². The molecular formula is C15H22ClFN2O3. The van der Waals surface area contributed by atoms with Gasteiger partial charge in [-0.25, -0.2) is 9.18 Å². The highest BCUT2D eigenvalue weighted by molar-refractivity contribution is 6.31. The molecule has 0 saturated heterocycles. The highest BCUT2D eigenvalue weighted by Crippen LogP contribution is 2.29. The molecule has 0 heterocycles. The molecule has 22 heavy (non-hydrogen) atoms. The molecule has 0 spiro atoms. The first-order valence-corrected chi connectivity index (χ1v) is 7.25. The Kier molecular flexibility index (Phi) is 6.44. The molecule has 0 aliphatic heterocycles. The molecule has 0 saturated carbocycles. The zero-order valence-corrected chi connectivity index (χ0v) is 14.0. The Morgan fingerprint density at radius 2 is 2.09 bits per heavy atom. The van der Waals surface area contributed by atoms with Gasteiger partial charge in [-0.1, -0.05) is 11.6 Å². The number of carbonyl (C=O) groups excluding carboxylic acids is 1. The predicted octanol–water partition coefficient (Wildman–Crippen LogP) is 2.88. The number of benzene rings is 1. The summed E-state index contributed by atoms with van der Waals surface area (Å²) in [6.07, 6.45) is -0.296. The summed E-state index contributed by atoms with van der Waals surface area (Å²) in [4.78, 5) is 11.6. The number of methoxy groups -OCH3 is 1. The molecule has 1 aromatic rings. The molecule has 1 atom stereocenters. The van der Waals surface area contributed by atoms with Crippen LogP contribution in [0.25, 0.3) is 0 Å². The number of amides is 1. The highest BCUT2D eigenvalue weighted by atomic mass is 35.5. The van der Waals surface area contributed by atoms with Crippen molar-refractivity contribution in [2.75, 3.05) is 13.7 Å². The van der Waals surface area contributed by atoms with Gasteiger partial charge in [-0.05, 0) is 39.3 Å². The van der Waals surface area contributed by atoms with E-state index in [-0.39, 0.29) is 18.0 Å². The molecule has 0 fully saturated rings. The fourth-order valence-corrected chi connectivity index (χ4v) is 2.05. The van der Waals surface area contributed by atoms with Crippen molar-refractivity contribution in [2.24, 2.45) is 5.73 Å². The van der Waals surface area contributed by atoms with Gasteiger partial charge in [0.15, 0.2) is 0 Å². The number of alkyl carbamates (subject to hydrolysis) is 1. The summed E-state index contributed by atoms with van der Waals surface area (Å²) >= 11 is 5.95. The van der Waals surface area contributed by atoms with Gasteiger partial charge in [0.2, 0.25) is 0 Å². The summed E-state index contributed by atoms with van der Waals surface area (Å²) in [6.45, 7) is 5.47. The number of hydrogen-bond donors (Lipinski definition) is 2. The van der Waals surface area contributed by atoms with Crippen LogP contribution in [0.5, 0.6) is 5.75 Å². The number of nitrogens with one attached hydrogen (secondary N) is 1. The Hall–Kier alpha value is -1.53. The lowest BCUT2D eigenvalue weighted by atomic mass is 10.0. The molecule has 0 bridgehead atoms. The minimum atomic E-state index is -0.580. The van der Waals surface area contributed by atoms with Gasteiger partial charge in [-0.3, -0.25) is 0 Å². The van der Waals surface area contributed by atoms with Crippen LogP contribution in [0.15, 0.2) is 12.1 Å². The van der Waals surface area contributed by atoms with Crippen molar-refractivity contribution < 1.29 is 18.7 Å². The van der Waals surface area contributed by atoms with E-state index in [0.717, 1.165) is 0 Å². The minimum absolute atomic E-state index is 0.0212. The van der Waals surface area contributed by atoms with Crippen LogP contribution in [0, 0.1) is 5.82 Å². The molecule has 1 unspecified atom stereocenters. The number of nitrogens with two attached hydrogens (primary N) is 1. The molecule has 3 N–H and O–H groups in total. The SMILES string of the molecule is COc1ccc(F)c(Cl)c1CC(N)CNC(=O)OC(C)(C)C. The summed E-state index contributed by atoms with van der Waals surface area (Å²) in [5, 5.41) is 2.55. The van der Waals surface area contributed by atoms with Crippen LogP contribution < -0.4 is 15.8 Å². The Bertz CT molecular complexity index is 532. The number of hydrogen-bond acceptors (Lipinski definition) is 4. The van der Waals surface area contributed by atoms with Gasteiger partial charge in [0.1, 0.15) is 17.2 Å². The van der Waals surface area contributed by atoms with E-state index in [1.807, 2.05) is 0 Å². The number of halogens is 2. The Morgan fingerprint density at radius 3 is 2.64 bits per heavy atom. The quantitative estimate of drug-likeness (QED) is 0.869. The average molecular weight is 333 g/mol.